The second-order valence-electron chi connectivity index (χ2n) is 2.00. The molecule has 4 heteroatoms. The quantitative estimate of drug-likeness (QED) is 0.628. The van der Waals surface area contributed by atoms with Crippen molar-refractivity contribution in [2.24, 2.45) is 5.73 Å². The van der Waals surface area contributed by atoms with Gasteiger partial charge in [0.2, 0.25) is 0 Å². The SMILES string of the molecule is NCCOc1ccc[nH]c1=O. The van der Waals surface area contributed by atoms with Crippen LogP contribution < -0.4 is 16.0 Å². The maximum Gasteiger partial charge on any atom is 0.290 e. The van der Waals surface area contributed by atoms with Crippen molar-refractivity contribution in [1.29, 1.82) is 0 Å². The van der Waals surface area contributed by atoms with Crippen molar-refractivity contribution >= 4 is 0 Å². The van der Waals surface area contributed by atoms with Crippen LogP contribution in [0.25, 0.3) is 0 Å². The summed E-state index contributed by atoms with van der Waals surface area (Å²) in [6.45, 7) is 0.779. The molecule has 11 heavy (non-hydrogen) atoms. The lowest BCUT2D eigenvalue weighted by molar-refractivity contribution is 0.323. The number of hydrogen-bond acceptors (Lipinski definition) is 3. The normalized spacial score (nSPS) is 9.55. The van der Waals surface area contributed by atoms with Gasteiger partial charge in [0.05, 0.1) is 0 Å². The number of H-pyrrole nitrogens is 1. The number of ether oxygens (including phenoxy) is 1. The van der Waals surface area contributed by atoms with Crippen LogP contribution in [0.2, 0.25) is 0 Å². The number of pyridine rings is 1. The number of rotatable bonds is 3. The third-order valence-corrected chi connectivity index (χ3v) is 1.16. The molecule has 1 aromatic rings. The molecule has 1 heterocycles. The lowest BCUT2D eigenvalue weighted by Crippen LogP contribution is -2.16. The van der Waals surface area contributed by atoms with E-state index in [1.54, 1.807) is 18.3 Å². The van der Waals surface area contributed by atoms with Crippen molar-refractivity contribution < 1.29 is 4.74 Å². The topological polar surface area (TPSA) is 68.1 Å². The zero-order valence-electron chi connectivity index (χ0n) is 6.04. The van der Waals surface area contributed by atoms with Crippen molar-refractivity contribution in [3.63, 3.8) is 0 Å². The average Bonchev–Trinajstić information content (AvgIpc) is 2.03. The van der Waals surface area contributed by atoms with Crippen LogP contribution in [-0.2, 0) is 0 Å². The van der Waals surface area contributed by atoms with E-state index < -0.39 is 0 Å². The van der Waals surface area contributed by atoms with Crippen LogP contribution in [0.4, 0.5) is 0 Å². The molecular weight excluding hydrogens is 144 g/mol. The Morgan fingerprint density at radius 2 is 2.45 bits per heavy atom. The Labute approximate surface area is 64.0 Å². The molecule has 0 aliphatic heterocycles. The van der Waals surface area contributed by atoms with Gasteiger partial charge >= 0.3 is 0 Å². The van der Waals surface area contributed by atoms with Crippen molar-refractivity contribution in [1.82, 2.24) is 4.98 Å². The molecule has 0 atom stereocenters. The Morgan fingerprint density at radius 1 is 1.64 bits per heavy atom. The number of hydrogen-bond donors (Lipinski definition) is 2. The molecule has 1 aromatic heterocycles. The molecule has 60 valence electrons. The summed E-state index contributed by atoms with van der Waals surface area (Å²) in [4.78, 5) is 13.4. The lowest BCUT2D eigenvalue weighted by Gasteiger charge is -2.00. The van der Waals surface area contributed by atoms with Crippen LogP contribution in [0, 0.1) is 0 Å². The number of nitrogens with two attached hydrogens (primary N) is 1. The molecule has 4 nitrogen and oxygen atoms in total. The van der Waals surface area contributed by atoms with Gasteiger partial charge in [0.15, 0.2) is 5.75 Å². The molecule has 0 aliphatic carbocycles. The summed E-state index contributed by atoms with van der Waals surface area (Å²) in [5.41, 5.74) is 4.97. The first-order valence-electron chi connectivity index (χ1n) is 3.35. The highest BCUT2D eigenvalue weighted by Gasteiger charge is 1.95. The molecule has 0 aromatic carbocycles. The Bertz CT molecular complexity index is 269. The molecule has 0 bridgehead atoms. The van der Waals surface area contributed by atoms with Crippen molar-refractivity contribution in [3.8, 4) is 5.75 Å². The van der Waals surface area contributed by atoms with Gasteiger partial charge in [0, 0.05) is 12.7 Å². The molecule has 0 amide bonds. The molecule has 0 fully saturated rings. The van der Waals surface area contributed by atoms with Crippen LogP contribution in [0.5, 0.6) is 5.75 Å². The fourth-order valence-electron chi connectivity index (χ4n) is 0.689. The molecule has 1 rings (SSSR count). The first-order valence-corrected chi connectivity index (χ1v) is 3.35. The van der Waals surface area contributed by atoms with Gasteiger partial charge in [-0.25, -0.2) is 0 Å². The molecule has 0 saturated carbocycles. The fraction of sp³-hybridized carbons (Fsp3) is 0.286. The molecule has 3 N–H and O–H groups in total. The third-order valence-electron chi connectivity index (χ3n) is 1.16. The predicted molar refractivity (Wildman–Crippen MR) is 41.6 cm³/mol. The Kier molecular flexibility index (Phi) is 2.68. The van der Waals surface area contributed by atoms with Crippen molar-refractivity contribution in [2.75, 3.05) is 13.2 Å². The minimum absolute atomic E-state index is 0.221. The van der Waals surface area contributed by atoms with Gasteiger partial charge in [-0.05, 0) is 12.1 Å². The summed E-state index contributed by atoms with van der Waals surface area (Å²) in [6, 6.07) is 3.31. The van der Waals surface area contributed by atoms with Gasteiger partial charge in [-0.2, -0.15) is 0 Å². The zero-order chi connectivity index (χ0) is 8.10. The minimum atomic E-state index is -0.221. The summed E-state index contributed by atoms with van der Waals surface area (Å²) >= 11 is 0. The van der Waals surface area contributed by atoms with E-state index in [1.165, 1.54) is 0 Å². The highest BCUT2D eigenvalue weighted by molar-refractivity contribution is 5.15. The van der Waals surface area contributed by atoms with Crippen LogP contribution in [0.1, 0.15) is 0 Å². The van der Waals surface area contributed by atoms with Gasteiger partial charge in [-0.3, -0.25) is 4.79 Å². The standard InChI is InChI=1S/C7H10N2O2/c8-3-5-11-6-2-1-4-9-7(6)10/h1-2,4H,3,5,8H2,(H,9,10). The van der Waals surface area contributed by atoms with E-state index in [-0.39, 0.29) is 5.56 Å². The van der Waals surface area contributed by atoms with E-state index >= 15 is 0 Å². The van der Waals surface area contributed by atoms with Crippen LogP contribution >= 0.6 is 0 Å². The van der Waals surface area contributed by atoms with Crippen molar-refractivity contribution in [2.45, 2.75) is 0 Å². The van der Waals surface area contributed by atoms with Gasteiger partial charge in [0.25, 0.3) is 5.56 Å². The first kappa shape index (κ1) is 7.81. The molecule has 0 radical (unpaired) electrons. The second-order valence-corrected chi connectivity index (χ2v) is 2.00. The molecular formula is C7H10N2O2. The van der Waals surface area contributed by atoms with E-state index in [4.69, 9.17) is 10.5 Å². The summed E-state index contributed by atoms with van der Waals surface area (Å²) in [7, 11) is 0. The Hall–Kier alpha value is -1.29. The van der Waals surface area contributed by atoms with Gasteiger partial charge in [-0.1, -0.05) is 0 Å². The maximum absolute atomic E-state index is 10.9. The maximum atomic E-state index is 10.9. The molecule has 0 saturated heterocycles. The summed E-state index contributed by atoms with van der Waals surface area (Å²) in [6.07, 6.45) is 1.55. The largest absolute Gasteiger partial charge is 0.487 e. The molecule has 0 spiro atoms. The van der Waals surface area contributed by atoms with Crippen LogP contribution in [0.3, 0.4) is 0 Å². The number of aromatic amines is 1. The van der Waals surface area contributed by atoms with E-state index in [0.717, 1.165) is 0 Å². The van der Waals surface area contributed by atoms with Gasteiger partial charge in [0.1, 0.15) is 6.61 Å². The predicted octanol–water partition coefficient (Wildman–Crippen LogP) is -0.288. The fourth-order valence-corrected chi connectivity index (χ4v) is 0.689. The first-order chi connectivity index (χ1) is 5.34. The minimum Gasteiger partial charge on any atom is -0.487 e. The lowest BCUT2D eigenvalue weighted by atomic mass is 10.4. The number of aromatic nitrogens is 1. The Balaban J connectivity index is 2.70. The van der Waals surface area contributed by atoms with E-state index in [1.807, 2.05) is 0 Å². The van der Waals surface area contributed by atoms with Crippen LogP contribution in [0.15, 0.2) is 23.1 Å². The van der Waals surface area contributed by atoms with Crippen molar-refractivity contribution in [3.05, 3.63) is 28.7 Å². The summed E-state index contributed by atoms with van der Waals surface area (Å²) in [5, 5.41) is 0. The highest BCUT2D eigenvalue weighted by Crippen LogP contribution is 1.97. The van der Waals surface area contributed by atoms with E-state index in [2.05, 4.69) is 4.98 Å². The summed E-state index contributed by atoms with van der Waals surface area (Å²) in [5.74, 6) is 0.318. The Morgan fingerprint density at radius 3 is 3.09 bits per heavy atom. The monoisotopic (exact) mass is 154 g/mol. The smallest absolute Gasteiger partial charge is 0.290 e. The molecule has 0 unspecified atom stereocenters. The van der Waals surface area contributed by atoms with Gasteiger partial charge < -0.3 is 15.5 Å². The van der Waals surface area contributed by atoms with Crippen LogP contribution in [-0.4, -0.2) is 18.1 Å². The average molecular weight is 154 g/mol. The van der Waals surface area contributed by atoms with E-state index in [9.17, 15) is 4.79 Å². The van der Waals surface area contributed by atoms with Gasteiger partial charge in [-0.15, -0.1) is 0 Å². The third kappa shape index (κ3) is 2.09. The molecule has 0 aliphatic rings. The summed E-state index contributed by atoms with van der Waals surface area (Å²) < 4.78 is 5.02. The number of nitrogens with one attached hydrogen (secondary N) is 1. The zero-order valence-corrected chi connectivity index (χ0v) is 6.04. The van der Waals surface area contributed by atoms with E-state index in [0.29, 0.717) is 18.9 Å². The second kappa shape index (κ2) is 3.78. The highest BCUT2D eigenvalue weighted by atomic mass is 16.5.